The van der Waals surface area contributed by atoms with Crippen LogP contribution in [0.1, 0.15) is 23.6 Å². The summed E-state index contributed by atoms with van der Waals surface area (Å²) in [5, 5.41) is 3.11. The normalized spacial score (nSPS) is 16.4. The van der Waals surface area contributed by atoms with Crippen LogP contribution in [0.2, 0.25) is 10.0 Å². The number of halogens is 3. The molecule has 0 saturated heterocycles. The van der Waals surface area contributed by atoms with Gasteiger partial charge in [-0.25, -0.2) is 9.37 Å². The van der Waals surface area contributed by atoms with E-state index in [9.17, 15) is 9.18 Å². The van der Waals surface area contributed by atoms with Crippen LogP contribution in [-0.4, -0.2) is 17.5 Å². The van der Waals surface area contributed by atoms with E-state index in [1.165, 1.54) is 12.1 Å². The van der Waals surface area contributed by atoms with Crippen molar-refractivity contribution in [3.63, 3.8) is 0 Å². The lowest BCUT2D eigenvalue weighted by molar-refractivity contribution is -0.121. The molecule has 1 unspecified atom stereocenters. The average Bonchev–Trinajstić information content (AvgIpc) is 2.53. The zero-order chi connectivity index (χ0) is 16.4. The minimum atomic E-state index is -0.598. The standard InChI is InChI=1S/C16H13Cl2FN2O2/c17-11-8-12(18)13(19)6-9(11)7-15(22)21-14-3-5-23-16-10(14)2-1-4-20-16/h1-2,4,6,8,14H,3,5,7H2,(H,21,22). The number of aromatic nitrogens is 1. The minimum Gasteiger partial charge on any atom is -0.477 e. The predicted octanol–water partition coefficient (Wildman–Crippen LogP) is 3.71. The number of fused-ring (bicyclic) bond motifs is 1. The van der Waals surface area contributed by atoms with Crippen LogP contribution in [0.3, 0.4) is 0 Å². The number of pyridine rings is 1. The zero-order valence-electron chi connectivity index (χ0n) is 12.0. The Balaban J connectivity index is 1.73. The second-order valence-electron chi connectivity index (χ2n) is 5.19. The van der Waals surface area contributed by atoms with E-state index in [1.807, 2.05) is 6.07 Å². The van der Waals surface area contributed by atoms with Crippen molar-refractivity contribution in [2.24, 2.45) is 0 Å². The van der Waals surface area contributed by atoms with Crippen LogP contribution in [0.25, 0.3) is 0 Å². The number of hydrogen-bond donors (Lipinski definition) is 1. The van der Waals surface area contributed by atoms with Crippen molar-refractivity contribution < 1.29 is 13.9 Å². The molecule has 1 aromatic carbocycles. The number of carbonyl (C=O) groups excluding carboxylic acids is 1. The van der Waals surface area contributed by atoms with Crippen LogP contribution >= 0.6 is 23.2 Å². The maximum Gasteiger partial charge on any atom is 0.224 e. The molecule has 1 aliphatic heterocycles. The highest BCUT2D eigenvalue weighted by molar-refractivity contribution is 6.35. The Labute approximate surface area is 142 Å². The highest BCUT2D eigenvalue weighted by atomic mass is 35.5. The van der Waals surface area contributed by atoms with Gasteiger partial charge in [-0.1, -0.05) is 29.3 Å². The summed E-state index contributed by atoms with van der Waals surface area (Å²) in [5.41, 5.74) is 1.23. The number of hydrogen-bond acceptors (Lipinski definition) is 3. The van der Waals surface area contributed by atoms with Crippen LogP contribution in [0, 0.1) is 5.82 Å². The summed E-state index contributed by atoms with van der Waals surface area (Å²) in [7, 11) is 0. The summed E-state index contributed by atoms with van der Waals surface area (Å²) >= 11 is 11.7. The predicted molar refractivity (Wildman–Crippen MR) is 85.4 cm³/mol. The van der Waals surface area contributed by atoms with Gasteiger partial charge >= 0.3 is 0 Å². The van der Waals surface area contributed by atoms with Crippen molar-refractivity contribution in [3.8, 4) is 5.88 Å². The highest BCUT2D eigenvalue weighted by Gasteiger charge is 2.24. The van der Waals surface area contributed by atoms with E-state index in [0.29, 0.717) is 24.5 Å². The van der Waals surface area contributed by atoms with Gasteiger partial charge in [0.25, 0.3) is 0 Å². The van der Waals surface area contributed by atoms with Gasteiger partial charge in [0.15, 0.2) is 0 Å². The van der Waals surface area contributed by atoms with Gasteiger partial charge in [0.05, 0.1) is 24.1 Å². The lowest BCUT2D eigenvalue weighted by atomic mass is 10.0. The topological polar surface area (TPSA) is 51.2 Å². The first-order chi connectivity index (χ1) is 11.0. The van der Waals surface area contributed by atoms with Crippen LogP contribution in [0.15, 0.2) is 30.5 Å². The van der Waals surface area contributed by atoms with Gasteiger partial charge in [-0.2, -0.15) is 0 Å². The van der Waals surface area contributed by atoms with Gasteiger partial charge in [-0.05, 0) is 23.8 Å². The molecule has 120 valence electrons. The van der Waals surface area contributed by atoms with Crippen molar-refractivity contribution in [1.29, 1.82) is 0 Å². The fourth-order valence-electron chi connectivity index (χ4n) is 2.49. The molecule has 2 heterocycles. The van der Waals surface area contributed by atoms with Crippen molar-refractivity contribution in [1.82, 2.24) is 10.3 Å². The van der Waals surface area contributed by atoms with E-state index in [0.717, 1.165) is 5.56 Å². The number of ether oxygens (including phenoxy) is 1. The molecule has 1 aromatic heterocycles. The average molecular weight is 355 g/mol. The van der Waals surface area contributed by atoms with Crippen molar-refractivity contribution in [2.75, 3.05) is 6.61 Å². The lowest BCUT2D eigenvalue weighted by Crippen LogP contribution is -2.33. The first kappa shape index (κ1) is 16.0. The van der Waals surface area contributed by atoms with E-state index < -0.39 is 5.82 Å². The van der Waals surface area contributed by atoms with E-state index in [1.54, 1.807) is 12.3 Å². The second-order valence-corrected chi connectivity index (χ2v) is 6.00. The van der Waals surface area contributed by atoms with E-state index in [-0.39, 0.29) is 28.4 Å². The molecule has 1 amide bonds. The summed E-state index contributed by atoms with van der Waals surface area (Å²) in [6.07, 6.45) is 2.26. The molecule has 3 rings (SSSR count). The molecule has 7 heteroatoms. The van der Waals surface area contributed by atoms with Crippen LogP contribution < -0.4 is 10.1 Å². The molecule has 0 fully saturated rings. The third-order valence-electron chi connectivity index (χ3n) is 3.60. The van der Waals surface area contributed by atoms with Gasteiger partial charge in [0.1, 0.15) is 5.82 Å². The Bertz CT molecular complexity index is 755. The Morgan fingerprint density at radius 2 is 2.22 bits per heavy atom. The number of benzene rings is 1. The smallest absolute Gasteiger partial charge is 0.224 e. The SMILES string of the molecule is O=C(Cc1cc(F)c(Cl)cc1Cl)NC1CCOc2ncccc21. The largest absolute Gasteiger partial charge is 0.477 e. The molecule has 1 atom stereocenters. The van der Waals surface area contributed by atoms with Crippen LogP contribution in [-0.2, 0) is 11.2 Å². The molecule has 0 bridgehead atoms. The monoisotopic (exact) mass is 354 g/mol. The first-order valence-corrected chi connectivity index (χ1v) is 7.80. The van der Waals surface area contributed by atoms with E-state index in [4.69, 9.17) is 27.9 Å². The van der Waals surface area contributed by atoms with Gasteiger partial charge < -0.3 is 10.1 Å². The molecule has 0 radical (unpaired) electrons. The molecule has 23 heavy (non-hydrogen) atoms. The summed E-state index contributed by atoms with van der Waals surface area (Å²) in [6.45, 7) is 0.477. The van der Waals surface area contributed by atoms with Crippen molar-refractivity contribution in [3.05, 3.63) is 57.5 Å². The molecule has 4 nitrogen and oxygen atoms in total. The first-order valence-electron chi connectivity index (χ1n) is 7.05. The van der Waals surface area contributed by atoms with Crippen LogP contribution in [0.5, 0.6) is 5.88 Å². The molecule has 1 aliphatic rings. The number of rotatable bonds is 3. The lowest BCUT2D eigenvalue weighted by Gasteiger charge is -2.25. The summed E-state index contributed by atoms with van der Waals surface area (Å²) < 4.78 is 19.0. The zero-order valence-corrected chi connectivity index (χ0v) is 13.5. The molecule has 2 aromatic rings. The number of amides is 1. The summed E-state index contributed by atoms with van der Waals surface area (Å²) in [6, 6.07) is 5.95. The maximum atomic E-state index is 13.5. The maximum absolute atomic E-state index is 13.5. The van der Waals surface area contributed by atoms with Crippen LogP contribution in [0.4, 0.5) is 4.39 Å². The fraction of sp³-hybridized carbons (Fsp3) is 0.250. The van der Waals surface area contributed by atoms with E-state index in [2.05, 4.69) is 10.3 Å². The summed E-state index contributed by atoms with van der Waals surface area (Å²) in [4.78, 5) is 16.4. The van der Waals surface area contributed by atoms with Gasteiger partial charge in [-0.3, -0.25) is 4.79 Å². The summed E-state index contributed by atoms with van der Waals surface area (Å²) in [5.74, 6) is -0.325. The molecular weight excluding hydrogens is 342 g/mol. The fourth-order valence-corrected chi connectivity index (χ4v) is 2.94. The molecule has 0 spiro atoms. The molecular formula is C16H13Cl2FN2O2. The highest BCUT2D eigenvalue weighted by Crippen LogP contribution is 2.30. The molecule has 0 aliphatic carbocycles. The van der Waals surface area contributed by atoms with Gasteiger partial charge in [0, 0.05) is 23.2 Å². The Morgan fingerprint density at radius 3 is 3.04 bits per heavy atom. The molecule has 0 saturated carbocycles. The minimum absolute atomic E-state index is 0.0279. The van der Waals surface area contributed by atoms with Gasteiger partial charge in [-0.15, -0.1) is 0 Å². The Morgan fingerprint density at radius 1 is 1.39 bits per heavy atom. The number of nitrogens with one attached hydrogen (secondary N) is 1. The van der Waals surface area contributed by atoms with Crippen molar-refractivity contribution >= 4 is 29.1 Å². The number of carbonyl (C=O) groups is 1. The molecule has 1 N–H and O–H groups in total. The van der Waals surface area contributed by atoms with E-state index >= 15 is 0 Å². The third-order valence-corrected chi connectivity index (χ3v) is 4.24. The second kappa shape index (κ2) is 6.72. The van der Waals surface area contributed by atoms with Crippen molar-refractivity contribution in [2.45, 2.75) is 18.9 Å². The Kier molecular flexibility index (Phi) is 4.68. The Hall–Kier alpha value is -1.85. The quantitative estimate of drug-likeness (QED) is 0.854. The number of nitrogens with zero attached hydrogens (tertiary/aromatic N) is 1. The third kappa shape index (κ3) is 3.57. The van der Waals surface area contributed by atoms with Gasteiger partial charge in [0.2, 0.25) is 11.8 Å².